The van der Waals surface area contributed by atoms with Crippen LogP contribution in [0, 0.1) is 17.5 Å². The summed E-state index contributed by atoms with van der Waals surface area (Å²) in [4.78, 5) is 31.5. The van der Waals surface area contributed by atoms with Crippen molar-refractivity contribution in [2.45, 2.75) is 37.1 Å². The predicted octanol–water partition coefficient (Wildman–Crippen LogP) is 5.99. The first-order chi connectivity index (χ1) is 19.9. The Hall–Kier alpha value is -4.53. The van der Waals surface area contributed by atoms with E-state index in [1.807, 2.05) is 0 Å². The van der Waals surface area contributed by atoms with E-state index in [-0.39, 0.29) is 45.6 Å². The van der Waals surface area contributed by atoms with Gasteiger partial charge in [-0.2, -0.15) is 13.2 Å². The molecule has 42 heavy (non-hydrogen) atoms. The molecule has 0 bridgehead atoms. The number of aromatic hydroxyl groups is 1. The molecule has 2 aliphatic rings. The normalized spacial score (nSPS) is 16.9. The summed E-state index contributed by atoms with van der Waals surface area (Å²) >= 11 is 0.886. The molecule has 1 saturated heterocycles. The van der Waals surface area contributed by atoms with E-state index in [0.717, 1.165) is 46.6 Å². The number of carbonyl (C=O) groups excluding carboxylic acids is 2. The number of hydrogen-bond acceptors (Lipinski definition) is 7. The minimum absolute atomic E-state index is 0.0461. The van der Waals surface area contributed by atoms with Crippen molar-refractivity contribution in [3.63, 3.8) is 0 Å². The fourth-order valence-electron chi connectivity index (χ4n) is 4.93. The Balaban J connectivity index is 1.31. The van der Waals surface area contributed by atoms with Crippen LogP contribution in [0.3, 0.4) is 0 Å². The monoisotopic (exact) mass is 605 g/mol. The average Bonchev–Trinajstić information content (AvgIpc) is 3.57. The number of nitrogens with zero attached hydrogens (tertiary/aromatic N) is 5. The fraction of sp³-hybridized carbons (Fsp3) is 0.222. The van der Waals surface area contributed by atoms with E-state index in [1.165, 1.54) is 24.3 Å². The van der Waals surface area contributed by atoms with Crippen LogP contribution in [0.1, 0.15) is 29.5 Å². The van der Waals surface area contributed by atoms with Crippen molar-refractivity contribution in [1.29, 1.82) is 0 Å². The highest BCUT2D eigenvalue weighted by atomic mass is 32.1. The first-order valence-electron chi connectivity index (χ1n) is 12.3. The highest BCUT2D eigenvalue weighted by Gasteiger charge is 2.68. The van der Waals surface area contributed by atoms with Crippen LogP contribution in [0.15, 0.2) is 54.6 Å². The van der Waals surface area contributed by atoms with Gasteiger partial charge in [0.15, 0.2) is 16.9 Å². The smallest absolute Gasteiger partial charge is 0.413 e. The lowest BCUT2D eigenvalue weighted by Gasteiger charge is -2.29. The number of imide groups is 1. The second-order valence-corrected chi connectivity index (χ2v) is 10.8. The summed E-state index contributed by atoms with van der Waals surface area (Å²) in [5.41, 5.74) is -1.87. The molecule has 216 valence electrons. The Kier molecular flexibility index (Phi) is 6.44. The molecular weight excluding hydrogens is 588 g/mol. The molecule has 2 fully saturated rings. The van der Waals surface area contributed by atoms with Crippen molar-refractivity contribution >= 4 is 23.3 Å². The van der Waals surface area contributed by atoms with Crippen LogP contribution < -0.4 is 0 Å². The lowest BCUT2D eigenvalue weighted by atomic mass is 9.98. The van der Waals surface area contributed by atoms with Gasteiger partial charge in [-0.1, -0.05) is 35.6 Å². The summed E-state index contributed by atoms with van der Waals surface area (Å²) in [6.07, 6.45) is -5.02. The molecule has 6 rings (SSSR count). The predicted molar refractivity (Wildman–Crippen MR) is 135 cm³/mol. The van der Waals surface area contributed by atoms with Crippen LogP contribution in [0.25, 0.3) is 21.8 Å². The third-order valence-electron chi connectivity index (χ3n) is 7.14. The van der Waals surface area contributed by atoms with E-state index in [9.17, 15) is 36.6 Å². The van der Waals surface area contributed by atoms with Crippen LogP contribution in [-0.4, -0.2) is 53.7 Å². The Bertz CT molecular complexity index is 1720. The van der Waals surface area contributed by atoms with Gasteiger partial charge in [0.2, 0.25) is 5.88 Å². The molecule has 2 aromatic heterocycles. The Morgan fingerprint density at radius 1 is 0.929 bits per heavy atom. The molecular formula is C27H17F6N5O3S. The van der Waals surface area contributed by atoms with Gasteiger partial charge in [0.25, 0.3) is 5.91 Å². The van der Waals surface area contributed by atoms with Gasteiger partial charge in [0, 0.05) is 5.56 Å². The minimum Gasteiger partial charge on any atom is -0.491 e. The molecule has 3 amide bonds. The maximum atomic E-state index is 15.3. The van der Waals surface area contributed by atoms with E-state index in [1.54, 1.807) is 0 Å². The van der Waals surface area contributed by atoms with Gasteiger partial charge < -0.3 is 10.0 Å². The van der Waals surface area contributed by atoms with Gasteiger partial charge in [-0.25, -0.2) is 27.8 Å². The maximum Gasteiger partial charge on any atom is 0.413 e. The third-order valence-corrected chi connectivity index (χ3v) is 8.07. The van der Waals surface area contributed by atoms with E-state index < -0.39 is 58.6 Å². The summed E-state index contributed by atoms with van der Waals surface area (Å²) in [6.45, 7) is -0.373. The lowest BCUT2D eigenvalue weighted by Crippen LogP contribution is -2.43. The van der Waals surface area contributed by atoms with E-state index >= 15 is 4.39 Å². The first kappa shape index (κ1) is 27.6. The quantitative estimate of drug-likeness (QED) is 0.214. The van der Waals surface area contributed by atoms with E-state index in [2.05, 4.69) is 15.2 Å². The molecule has 1 atom stereocenters. The first-order valence-corrected chi connectivity index (χ1v) is 13.2. The minimum atomic E-state index is -5.22. The van der Waals surface area contributed by atoms with E-state index in [4.69, 9.17) is 0 Å². The lowest BCUT2D eigenvalue weighted by molar-refractivity contribution is -0.183. The molecule has 3 heterocycles. The second kappa shape index (κ2) is 9.79. The number of alkyl halides is 3. The maximum absolute atomic E-state index is 15.3. The van der Waals surface area contributed by atoms with Gasteiger partial charge in [0.05, 0.1) is 6.54 Å². The number of carbonyl (C=O) groups is 2. The summed E-state index contributed by atoms with van der Waals surface area (Å²) in [7, 11) is 0. The number of hydrogen-bond donors (Lipinski definition) is 1. The summed E-state index contributed by atoms with van der Waals surface area (Å²) in [5, 5.41) is 17.6. The van der Waals surface area contributed by atoms with Gasteiger partial charge >= 0.3 is 12.2 Å². The number of urea groups is 1. The van der Waals surface area contributed by atoms with Gasteiger partial charge in [-0.3, -0.25) is 4.79 Å². The largest absolute Gasteiger partial charge is 0.491 e. The Labute approximate surface area is 236 Å². The average molecular weight is 606 g/mol. The van der Waals surface area contributed by atoms with Crippen LogP contribution in [0.4, 0.5) is 31.1 Å². The second-order valence-electron chi connectivity index (χ2n) is 9.77. The number of halogens is 6. The number of amides is 3. The van der Waals surface area contributed by atoms with Crippen molar-refractivity contribution in [2.75, 3.05) is 0 Å². The number of aromatic nitrogens is 3. The van der Waals surface area contributed by atoms with E-state index in [0.29, 0.717) is 5.56 Å². The van der Waals surface area contributed by atoms with Crippen molar-refractivity contribution < 1.29 is 41.0 Å². The molecule has 1 spiro atoms. The Morgan fingerprint density at radius 2 is 1.62 bits per heavy atom. The van der Waals surface area contributed by atoms with Crippen LogP contribution in [0.5, 0.6) is 5.88 Å². The standard InChI is InChI=1S/C27H17F6N5O3S/c28-15-4-1-13(2-5-15)14-3-6-16(18(30)11-14)21(27(31,32)33)38-24(40)26(9-10-26)37(25(38)41)12-20-35-36-23(42-20)19-8-7-17(29)22(39)34-19/h1-8,11,21H,9-10,12H2,(H,34,39)/t21-/m0/s1. The van der Waals surface area contributed by atoms with Gasteiger partial charge in [-0.15, -0.1) is 10.2 Å². The fourth-order valence-corrected chi connectivity index (χ4v) is 5.73. The zero-order valence-electron chi connectivity index (χ0n) is 21.1. The molecule has 15 heteroatoms. The summed E-state index contributed by atoms with van der Waals surface area (Å²) < 4.78 is 85.4. The molecule has 4 aromatic rings. The third kappa shape index (κ3) is 4.62. The molecule has 0 radical (unpaired) electrons. The van der Waals surface area contributed by atoms with Crippen LogP contribution in [-0.2, 0) is 11.3 Å². The summed E-state index contributed by atoms with van der Waals surface area (Å²) in [5.74, 6) is -4.78. The zero-order valence-corrected chi connectivity index (χ0v) is 21.9. The van der Waals surface area contributed by atoms with Crippen molar-refractivity contribution in [3.05, 3.63) is 82.6 Å². The zero-order chi connectivity index (χ0) is 30.0. The molecule has 1 aliphatic heterocycles. The topological polar surface area (TPSA) is 99.5 Å². The SMILES string of the molecule is O=C1N([C@@H](c2ccc(-c3ccc(F)cc3)cc2F)C(F)(F)F)C(=O)C2(CC2)N1Cc1nnc(-c2ccc(F)c(O)n2)s1. The Morgan fingerprint density at radius 3 is 2.24 bits per heavy atom. The van der Waals surface area contributed by atoms with Crippen molar-refractivity contribution in [2.24, 2.45) is 0 Å². The summed E-state index contributed by atoms with van der Waals surface area (Å²) in [6, 6.07) is 5.82. The molecule has 0 unspecified atom stereocenters. The van der Waals surface area contributed by atoms with Crippen molar-refractivity contribution in [1.82, 2.24) is 25.0 Å². The van der Waals surface area contributed by atoms with Crippen LogP contribution >= 0.6 is 11.3 Å². The van der Waals surface area contributed by atoms with Gasteiger partial charge in [-0.05, 0) is 54.3 Å². The molecule has 2 aromatic carbocycles. The number of benzene rings is 2. The molecule has 8 nitrogen and oxygen atoms in total. The molecule has 1 N–H and O–H groups in total. The van der Waals surface area contributed by atoms with Gasteiger partial charge in [0.1, 0.15) is 27.9 Å². The molecule has 1 saturated carbocycles. The molecule has 1 aliphatic carbocycles. The number of pyridine rings is 1. The highest BCUT2D eigenvalue weighted by molar-refractivity contribution is 7.14. The van der Waals surface area contributed by atoms with Crippen LogP contribution in [0.2, 0.25) is 0 Å². The highest BCUT2D eigenvalue weighted by Crippen LogP contribution is 2.53. The number of rotatable bonds is 6. The van der Waals surface area contributed by atoms with Crippen molar-refractivity contribution in [3.8, 4) is 27.7 Å².